The number of fused-ring (bicyclic) bond motifs is 1. The molecular formula is C19H26N2OS2. The third-order valence-electron chi connectivity index (χ3n) is 3.57. The minimum atomic E-state index is 0.149. The van der Waals surface area contributed by atoms with Crippen LogP contribution in [0, 0.1) is 0 Å². The van der Waals surface area contributed by atoms with Crippen molar-refractivity contribution in [2.45, 2.75) is 63.0 Å². The van der Waals surface area contributed by atoms with Gasteiger partial charge in [0, 0.05) is 23.5 Å². The fourth-order valence-electron chi connectivity index (χ4n) is 2.23. The number of thioether (sulfide) groups is 2. The van der Waals surface area contributed by atoms with E-state index in [4.69, 9.17) is 9.97 Å². The zero-order valence-corrected chi connectivity index (χ0v) is 16.8. The van der Waals surface area contributed by atoms with Gasteiger partial charge < -0.3 is 0 Å². The van der Waals surface area contributed by atoms with Gasteiger partial charge in [0.15, 0.2) is 5.78 Å². The first-order valence-corrected chi connectivity index (χ1v) is 10.6. The molecule has 0 unspecified atom stereocenters. The van der Waals surface area contributed by atoms with E-state index in [1.54, 1.807) is 0 Å². The monoisotopic (exact) mass is 362 g/mol. The minimum absolute atomic E-state index is 0.149. The zero-order chi connectivity index (χ0) is 17.7. The second-order valence-corrected chi connectivity index (χ2v) is 9.45. The van der Waals surface area contributed by atoms with Gasteiger partial charge >= 0.3 is 0 Å². The van der Waals surface area contributed by atoms with Gasteiger partial charge in [-0.15, -0.1) is 0 Å². The van der Waals surface area contributed by atoms with Crippen LogP contribution in [0.1, 0.15) is 62.8 Å². The van der Waals surface area contributed by atoms with E-state index >= 15 is 0 Å². The summed E-state index contributed by atoms with van der Waals surface area (Å²) in [6.45, 7) is 10.7. The topological polar surface area (TPSA) is 42.9 Å². The first-order valence-electron chi connectivity index (χ1n) is 8.46. The van der Waals surface area contributed by atoms with E-state index in [9.17, 15) is 4.79 Å². The highest BCUT2D eigenvalue weighted by Gasteiger charge is 2.13. The number of Topliss-reactive ketones (excluding diaryl/α,β-unsaturated/α-hetero) is 1. The number of benzene rings is 1. The Kier molecular flexibility index (Phi) is 7.11. The van der Waals surface area contributed by atoms with E-state index in [1.807, 2.05) is 48.6 Å². The second-order valence-electron chi connectivity index (χ2n) is 6.32. The van der Waals surface area contributed by atoms with Crippen molar-refractivity contribution in [3.63, 3.8) is 0 Å². The van der Waals surface area contributed by atoms with E-state index in [2.05, 4.69) is 27.7 Å². The van der Waals surface area contributed by atoms with Crippen LogP contribution < -0.4 is 0 Å². The summed E-state index contributed by atoms with van der Waals surface area (Å²) in [5, 5.41) is 1.12. The Labute approximate surface area is 153 Å². The summed E-state index contributed by atoms with van der Waals surface area (Å²) in [4.78, 5) is 21.6. The molecular weight excluding hydrogens is 336 g/mol. The average Bonchev–Trinajstić information content (AvgIpc) is 2.56. The normalized spacial score (nSPS) is 11.6. The largest absolute Gasteiger partial charge is 0.294 e. The maximum absolute atomic E-state index is 11.9. The first kappa shape index (κ1) is 19.3. The van der Waals surface area contributed by atoms with Crippen LogP contribution in [-0.4, -0.2) is 26.3 Å². The lowest BCUT2D eigenvalue weighted by Crippen LogP contribution is -2.04. The summed E-state index contributed by atoms with van der Waals surface area (Å²) >= 11 is 3.76. The Bertz CT molecular complexity index is 714. The van der Waals surface area contributed by atoms with Crippen LogP contribution in [0.5, 0.6) is 0 Å². The molecule has 0 spiro atoms. The van der Waals surface area contributed by atoms with Crippen molar-refractivity contribution >= 4 is 40.3 Å². The summed E-state index contributed by atoms with van der Waals surface area (Å²) in [5.74, 6) is 1.89. The van der Waals surface area contributed by atoms with Crippen LogP contribution in [0.3, 0.4) is 0 Å². The lowest BCUT2D eigenvalue weighted by molar-refractivity contribution is 0.0988. The van der Waals surface area contributed by atoms with Crippen molar-refractivity contribution in [3.05, 3.63) is 35.2 Å². The maximum atomic E-state index is 11.9. The molecule has 3 nitrogen and oxygen atoms in total. The van der Waals surface area contributed by atoms with Crippen molar-refractivity contribution in [3.8, 4) is 0 Å². The van der Waals surface area contributed by atoms with Gasteiger partial charge in [0.05, 0.1) is 22.4 Å². The molecule has 1 aromatic heterocycles. The number of carbonyl (C=O) groups excluding carboxylic acids is 1. The Morgan fingerprint density at radius 2 is 1.50 bits per heavy atom. The standard InChI is InChI=1S/C19H26N2OS2/c1-6-19(22)14-7-8-15-16(9-14)21-18(11-24-13(4)5)17(20-15)10-23-12(2)3/h7-9,12-13H,6,10-11H2,1-5H3. The highest BCUT2D eigenvalue weighted by molar-refractivity contribution is 7.99. The number of carbonyl (C=O) groups is 1. The summed E-state index contributed by atoms with van der Waals surface area (Å²) in [5.41, 5.74) is 4.55. The van der Waals surface area contributed by atoms with Gasteiger partial charge in [-0.25, -0.2) is 9.97 Å². The summed E-state index contributed by atoms with van der Waals surface area (Å²) < 4.78 is 0. The third kappa shape index (κ3) is 5.21. The molecule has 0 radical (unpaired) electrons. The van der Waals surface area contributed by atoms with Gasteiger partial charge in [-0.3, -0.25) is 4.79 Å². The Morgan fingerprint density at radius 1 is 0.958 bits per heavy atom. The van der Waals surface area contributed by atoms with Crippen LogP contribution >= 0.6 is 23.5 Å². The van der Waals surface area contributed by atoms with Crippen molar-refractivity contribution in [2.75, 3.05) is 0 Å². The van der Waals surface area contributed by atoms with E-state index in [1.165, 1.54) is 0 Å². The number of rotatable bonds is 8. The van der Waals surface area contributed by atoms with E-state index in [0.717, 1.165) is 39.5 Å². The van der Waals surface area contributed by atoms with Crippen molar-refractivity contribution in [1.29, 1.82) is 0 Å². The first-order chi connectivity index (χ1) is 11.4. The molecule has 0 atom stereocenters. The van der Waals surface area contributed by atoms with E-state index < -0.39 is 0 Å². The molecule has 0 amide bonds. The van der Waals surface area contributed by atoms with Crippen molar-refractivity contribution in [1.82, 2.24) is 9.97 Å². The Morgan fingerprint density at radius 3 is 2.00 bits per heavy atom. The minimum Gasteiger partial charge on any atom is -0.294 e. The molecule has 0 aliphatic heterocycles. The molecule has 0 saturated carbocycles. The number of hydrogen-bond donors (Lipinski definition) is 0. The molecule has 0 N–H and O–H groups in total. The van der Waals surface area contributed by atoms with Gasteiger partial charge in [0.1, 0.15) is 0 Å². The maximum Gasteiger partial charge on any atom is 0.162 e. The van der Waals surface area contributed by atoms with Crippen LogP contribution in [0.2, 0.25) is 0 Å². The van der Waals surface area contributed by atoms with E-state index in [-0.39, 0.29) is 5.78 Å². The molecule has 1 heterocycles. The molecule has 24 heavy (non-hydrogen) atoms. The van der Waals surface area contributed by atoms with Gasteiger partial charge in [0.2, 0.25) is 0 Å². The smallest absolute Gasteiger partial charge is 0.162 e. The summed E-state index contributed by atoms with van der Waals surface area (Å²) in [6, 6.07) is 5.68. The van der Waals surface area contributed by atoms with Crippen LogP contribution in [-0.2, 0) is 11.5 Å². The number of hydrogen-bond acceptors (Lipinski definition) is 5. The predicted octanol–water partition coefficient (Wildman–Crippen LogP) is 5.51. The quantitative estimate of drug-likeness (QED) is 0.580. The molecule has 0 aliphatic carbocycles. The highest BCUT2D eigenvalue weighted by Crippen LogP contribution is 2.25. The molecule has 5 heteroatoms. The van der Waals surface area contributed by atoms with Gasteiger partial charge in [0.25, 0.3) is 0 Å². The number of ketones is 1. The van der Waals surface area contributed by atoms with Crippen LogP contribution in [0.15, 0.2) is 18.2 Å². The number of nitrogens with zero attached hydrogens (tertiary/aromatic N) is 2. The van der Waals surface area contributed by atoms with Gasteiger partial charge in [-0.05, 0) is 28.7 Å². The summed E-state index contributed by atoms with van der Waals surface area (Å²) in [6.07, 6.45) is 0.512. The Hall–Kier alpha value is -1.07. The molecule has 2 aromatic rings. The predicted molar refractivity (Wildman–Crippen MR) is 107 cm³/mol. The van der Waals surface area contributed by atoms with Crippen LogP contribution in [0.4, 0.5) is 0 Å². The van der Waals surface area contributed by atoms with Gasteiger partial charge in [-0.1, -0.05) is 34.6 Å². The zero-order valence-electron chi connectivity index (χ0n) is 15.1. The molecule has 0 bridgehead atoms. The lowest BCUT2D eigenvalue weighted by Gasteiger charge is -2.12. The third-order valence-corrected chi connectivity index (χ3v) is 5.78. The van der Waals surface area contributed by atoms with Crippen LogP contribution in [0.25, 0.3) is 11.0 Å². The highest BCUT2D eigenvalue weighted by atomic mass is 32.2. The van der Waals surface area contributed by atoms with Gasteiger partial charge in [-0.2, -0.15) is 23.5 Å². The number of aromatic nitrogens is 2. The molecule has 2 rings (SSSR count). The van der Waals surface area contributed by atoms with E-state index in [0.29, 0.717) is 16.9 Å². The molecule has 1 aromatic carbocycles. The molecule has 0 aliphatic rings. The molecule has 130 valence electrons. The van der Waals surface area contributed by atoms with Crippen molar-refractivity contribution < 1.29 is 4.79 Å². The molecule has 0 fully saturated rings. The fourth-order valence-corrected chi connectivity index (χ4v) is 3.67. The Balaban J connectivity index is 2.41. The van der Waals surface area contributed by atoms with Crippen molar-refractivity contribution in [2.24, 2.45) is 0 Å². The SMILES string of the molecule is CCC(=O)c1ccc2nc(CSC(C)C)c(CSC(C)C)nc2c1. The average molecular weight is 363 g/mol. The molecule has 0 saturated heterocycles. The lowest BCUT2D eigenvalue weighted by atomic mass is 10.1. The summed E-state index contributed by atoms with van der Waals surface area (Å²) in [7, 11) is 0. The fraction of sp³-hybridized carbons (Fsp3) is 0.526. The second kappa shape index (κ2) is 8.86.